The lowest BCUT2D eigenvalue weighted by Gasteiger charge is -2.32. The van der Waals surface area contributed by atoms with E-state index in [1.54, 1.807) is 7.11 Å². The van der Waals surface area contributed by atoms with E-state index in [-0.39, 0.29) is 24.1 Å². The largest absolute Gasteiger partial charge is 0.497 e. The first kappa shape index (κ1) is 21.0. The molecule has 1 saturated heterocycles. The van der Waals surface area contributed by atoms with Crippen LogP contribution < -0.4 is 4.74 Å². The molecule has 1 aliphatic rings. The Kier molecular flexibility index (Phi) is 5.65. The molecule has 4 rings (SSSR count). The zero-order chi connectivity index (χ0) is 21.4. The maximum Gasteiger partial charge on any atom is 0.465 e. The molecule has 1 fully saturated rings. The lowest BCUT2D eigenvalue weighted by molar-refractivity contribution is 0.00578. The van der Waals surface area contributed by atoms with Gasteiger partial charge in [0.2, 0.25) is 0 Å². The van der Waals surface area contributed by atoms with Gasteiger partial charge in [-0.05, 0) is 74.6 Å². The number of ether oxygens (including phenoxy) is 1. The van der Waals surface area contributed by atoms with Gasteiger partial charge in [-0.25, -0.2) is 0 Å². The van der Waals surface area contributed by atoms with E-state index in [0.29, 0.717) is 0 Å². The number of aryl methyl sites for hydroxylation is 1. The summed E-state index contributed by atoms with van der Waals surface area (Å²) in [7, 11) is 1.43. The van der Waals surface area contributed by atoms with Gasteiger partial charge in [0.15, 0.2) is 0 Å². The zero-order valence-corrected chi connectivity index (χ0v) is 18.6. The highest BCUT2D eigenvalue weighted by molar-refractivity contribution is 6.47. The summed E-state index contributed by atoms with van der Waals surface area (Å²) in [6, 6.07) is 23.5. The van der Waals surface area contributed by atoms with Crippen LogP contribution in [0.3, 0.4) is 0 Å². The van der Waals surface area contributed by atoms with E-state index in [4.69, 9.17) is 14.0 Å². The van der Waals surface area contributed by atoms with Gasteiger partial charge in [0.25, 0.3) is 0 Å². The fourth-order valence-corrected chi connectivity index (χ4v) is 4.08. The van der Waals surface area contributed by atoms with Gasteiger partial charge >= 0.3 is 7.12 Å². The first-order valence-corrected chi connectivity index (χ1v) is 10.8. The number of methoxy groups -OCH3 is 1. The van der Waals surface area contributed by atoms with Crippen LogP contribution in [0.25, 0.3) is 10.8 Å². The molecular weight excluding hydrogens is 371 g/mol. The quantitative estimate of drug-likeness (QED) is 0.460. The smallest absolute Gasteiger partial charge is 0.465 e. The Morgan fingerprint density at radius 3 is 2.13 bits per heavy atom. The van der Waals surface area contributed by atoms with Crippen molar-refractivity contribution >= 4 is 17.9 Å². The summed E-state index contributed by atoms with van der Waals surface area (Å²) in [6.45, 7) is 8.48. The third-order valence-corrected chi connectivity index (χ3v) is 6.69. The van der Waals surface area contributed by atoms with Gasteiger partial charge < -0.3 is 14.0 Å². The number of rotatable bonds is 6. The molecule has 0 bridgehead atoms. The van der Waals surface area contributed by atoms with Crippen LogP contribution in [0, 0.1) is 0 Å². The van der Waals surface area contributed by atoms with Gasteiger partial charge in [0.1, 0.15) is 5.75 Å². The minimum absolute atomic E-state index is 0.151. The van der Waals surface area contributed by atoms with E-state index < -0.39 is 0 Å². The molecule has 1 aliphatic heterocycles. The zero-order valence-electron chi connectivity index (χ0n) is 18.6. The number of fused-ring (bicyclic) bond motifs is 1. The predicted molar refractivity (Wildman–Crippen MR) is 124 cm³/mol. The Morgan fingerprint density at radius 1 is 0.833 bits per heavy atom. The molecule has 1 atom stereocenters. The van der Waals surface area contributed by atoms with Crippen LogP contribution in [0.15, 0.2) is 66.7 Å². The van der Waals surface area contributed by atoms with Crippen molar-refractivity contribution in [1.82, 2.24) is 0 Å². The van der Waals surface area contributed by atoms with Gasteiger partial charge in [-0.15, -0.1) is 0 Å². The van der Waals surface area contributed by atoms with Crippen LogP contribution in [-0.2, 0) is 15.7 Å². The molecule has 3 nitrogen and oxygen atoms in total. The Hall–Kier alpha value is -2.30. The van der Waals surface area contributed by atoms with Gasteiger partial charge in [0.05, 0.1) is 18.3 Å². The molecule has 0 radical (unpaired) electrons. The molecule has 3 aromatic carbocycles. The van der Waals surface area contributed by atoms with Crippen LogP contribution in [-0.4, -0.2) is 25.4 Å². The summed E-state index contributed by atoms with van der Waals surface area (Å²) in [4.78, 5) is 0. The molecule has 4 heteroatoms. The topological polar surface area (TPSA) is 27.7 Å². The molecule has 3 aromatic rings. The van der Waals surface area contributed by atoms with Gasteiger partial charge in [-0.3, -0.25) is 0 Å². The molecule has 0 saturated carbocycles. The lowest BCUT2D eigenvalue weighted by Crippen LogP contribution is -2.41. The number of hydrogen-bond acceptors (Lipinski definition) is 3. The van der Waals surface area contributed by atoms with E-state index in [0.717, 1.165) is 18.6 Å². The van der Waals surface area contributed by atoms with Crippen molar-refractivity contribution in [1.29, 1.82) is 0 Å². The van der Waals surface area contributed by atoms with E-state index >= 15 is 0 Å². The maximum atomic E-state index is 6.48. The fourth-order valence-electron chi connectivity index (χ4n) is 4.08. The molecule has 0 N–H and O–H groups in total. The Balaban J connectivity index is 1.67. The Morgan fingerprint density at radius 2 is 1.47 bits per heavy atom. The summed E-state index contributed by atoms with van der Waals surface area (Å²) in [6.07, 6.45) is 1.94. The fraction of sp³-hybridized carbons (Fsp3) is 0.385. The van der Waals surface area contributed by atoms with E-state index in [1.165, 1.54) is 21.9 Å². The second kappa shape index (κ2) is 8.09. The van der Waals surface area contributed by atoms with Crippen molar-refractivity contribution < 1.29 is 14.0 Å². The van der Waals surface area contributed by atoms with Crippen molar-refractivity contribution in [3.63, 3.8) is 0 Å². The van der Waals surface area contributed by atoms with Crippen molar-refractivity contribution in [2.45, 2.75) is 57.6 Å². The molecular formula is C26H31BO3. The van der Waals surface area contributed by atoms with Gasteiger partial charge in [-0.2, -0.15) is 0 Å². The van der Waals surface area contributed by atoms with Gasteiger partial charge in [0, 0.05) is 5.82 Å². The first-order valence-electron chi connectivity index (χ1n) is 10.8. The highest BCUT2D eigenvalue weighted by Crippen LogP contribution is 2.42. The molecule has 0 amide bonds. The number of benzene rings is 3. The summed E-state index contributed by atoms with van der Waals surface area (Å²) < 4.78 is 18.3. The van der Waals surface area contributed by atoms with Crippen LogP contribution in [0.4, 0.5) is 0 Å². The second-order valence-corrected chi connectivity index (χ2v) is 9.23. The van der Waals surface area contributed by atoms with E-state index in [1.807, 2.05) is 6.07 Å². The molecule has 1 heterocycles. The predicted octanol–water partition coefficient (Wildman–Crippen LogP) is 6.20. The maximum absolute atomic E-state index is 6.48. The molecule has 0 spiro atoms. The van der Waals surface area contributed by atoms with Crippen molar-refractivity contribution in [2.24, 2.45) is 0 Å². The SMILES string of the molecule is COc1ccc2cc([C@@H](CCc3ccccc3)B3OC(C)(C)C(C)(C)O3)ccc2c1. The normalized spacial score (nSPS) is 18.5. The molecule has 0 unspecified atom stereocenters. The van der Waals surface area contributed by atoms with E-state index in [9.17, 15) is 0 Å². The highest BCUT2D eigenvalue weighted by Gasteiger charge is 2.53. The van der Waals surface area contributed by atoms with Crippen LogP contribution in [0.2, 0.25) is 0 Å². The van der Waals surface area contributed by atoms with Gasteiger partial charge in [-0.1, -0.05) is 54.6 Å². The highest BCUT2D eigenvalue weighted by atomic mass is 16.7. The van der Waals surface area contributed by atoms with Crippen LogP contribution in [0.5, 0.6) is 5.75 Å². The molecule has 30 heavy (non-hydrogen) atoms. The minimum Gasteiger partial charge on any atom is -0.497 e. The summed E-state index contributed by atoms with van der Waals surface area (Å²) >= 11 is 0. The summed E-state index contributed by atoms with van der Waals surface area (Å²) in [5.74, 6) is 1.03. The molecule has 156 valence electrons. The average Bonchev–Trinajstić information content (AvgIpc) is 2.95. The molecule has 0 aromatic heterocycles. The average molecular weight is 402 g/mol. The van der Waals surface area contributed by atoms with Crippen molar-refractivity contribution in [2.75, 3.05) is 7.11 Å². The Bertz CT molecular complexity index is 997. The van der Waals surface area contributed by atoms with Crippen LogP contribution >= 0.6 is 0 Å². The Labute approximate surface area is 180 Å². The van der Waals surface area contributed by atoms with E-state index in [2.05, 4.69) is 88.4 Å². The third kappa shape index (κ3) is 4.12. The van der Waals surface area contributed by atoms with Crippen LogP contribution in [0.1, 0.15) is 51.1 Å². The minimum atomic E-state index is -0.340. The lowest BCUT2D eigenvalue weighted by atomic mass is 9.65. The second-order valence-electron chi connectivity index (χ2n) is 9.23. The molecule has 0 aliphatic carbocycles. The van der Waals surface area contributed by atoms with Crippen molar-refractivity contribution in [3.05, 3.63) is 77.9 Å². The van der Waals surface area contributed by atoms with Crippen molar-refractivity contribution in [3.8, 4) is 5.75 Å². The first-order chi connectivity index (χ1) is 14.3. The standard InChI is InChI=1S/C26H31BO3/c1-25(2)26(3,4)30-27(29-25)24(16-11-19-9-7-6-8-10-19)22-13-12-21-18-23(28-5)15-14-20(21)17-22/h6-10,12-15,17-18,24H,11,16H2,1-5H3/t24-/m1/s1. The summed E-state index contributed by atoms with van der Waals surface area (Å²) in [5.41, 5.74) is 1.91. The number of hydrogen-bond donors (Lipinski definition) is 0. The third-order valence-electron chi connectivity index (χ3n) is 6.69. The summed E-state index contributed by atoms with van der Waals surface area (Å²) in [5, 5.41) is 2.38. The monoisotopic (exact) mass is 402 g/mol.